The SMILES string of the molecule is C1CN(CSCSCSCN2CCOCC2)CCO1. The second-order valence-corrected chi connectivity index (χ2v) is 8.19. The van der Waals surface area contributed by atoms with E-state index >= 15 is 0 Å². The van der Waals surface area contributed by atoms with Gasteiger partial charge in [0.1, 0.15) is 0 Å². The molecule has 0 aromatic rings. The van der Waals surface area contributed by atoms with Crippen LogP contribution < -0.4 is 0 Å². The lowest BCUT2D eigenvalue weighted by Crippen LogP contribution is -2.36. The van der Waals surface area contributed by atoms with Crippen LogP contribution in [-0.4, -0.2) is 84.3 Å². The molecule has 0 unspecified atom stereocenters. The van der Waals surface area contributed by atoms with Crippen LogP contribution in [0.5, 0.6) is 0 Å². The molecule has 0 bridgehead atoms. The molecule has 0 atom stereocenters. The Morgan fingerprint density at radius 3 is 1.47 bits per heavy atom. The van der Waals surface area contributed by atoms with Crippen LogP contribution in [0, 0.1) is 0 Å². The van der Waals surface area contributed by atoms with E-state index in [0.717, 1.165) is 64.4 Å². The predicted octanol–water partition coefficient (Wildman–Crippen LogP) is 1.68. The van der Waals surface area contributed by atoms with Gasteiger partial charge >= 0.3 is 0 Å². The van der Waals surface area contributed by atoms with E-state index in [2.05, 4.69) is 9.80 Å². The Balaban J connectivity index is 1.35. The summed E-state index contributed by atoms with van der Waals surface area (Å²) in [4.78, 5) is 4.96. The smallest absolute Gasteiger partial charge is 0.0594 e. The largest absolute Gasteiger partial charge is 0.379 e. The number of hydrogen-bond donors (Lipinski definition) is 0. The van der Waals surface area contributed by atoms with Crippen LogP contribution in [0.4, 0.5) is 0 Å². The number of ether oxygens (including phenoxy) is 2. The maximum absolute atomic E-state index is 5.34. The van der Waals surface area contributed by atoms with Gasteiger partial charge in [0.2, 0.25) is 0 Å². The van der Waals surface area contributed by atoms with E-state index in [0.29, 0.717) is 0 Å². The van der Waals surface area contributed by atoms with E-state index in [4.69, 9.17) is 9.47 Å². The molecule has 0 amide bonds. The molecule has 2 rings (SSSR count). The molecular weight excluding hydrogens is 300 g/mol. The van der Waals surface area contributed by atoms with Crippen LogP contribution in [0.2, 0.25) is 0 Å². The molecule has 0 N–H and O–H groups in total. The Labute approximate surface area is 129 Å². The van der Waals surface area contributed by atoms with Crippen molar-refractivity contribution in [2.45, 2.75) is 0 Å². The van der Waals surface area contributed by atoms with E-state index in [1.807, 2.05) is 35.3 Å². The van der Waals surface area contributed by atoms with Gasteiger partial charge in [-0.2, -0.15) is 0 Å². The zero-order chi connectivity index (χ0) is 13.2. The molecule has 0 radical (unpaired) electrons. The lowest BCUT2D eigenvalue weighted by atomic mass is 10.5. The molecule has 0 spiro atoms. The zero-order valence-corrected chi connectivity index (χ0v) is 13.9. The van der Waals surface area contributed by atoms with E-state index in [-0.39, 0.29) is 0 Å². The third-order valence-corrected chi connectivity index (χ3v) is 6.85. The van der Waals surface area contributed by atoms with Crippen molar-refractivity contribution in [3.05, 3.63) is 0 Å². The van der Waals surface area contributed by atoms with Crippen LogP contribution in [0.25, 0.3) is 0 Å². The van der Waals surface area contributed by atoms with Crippen LogP contribution in [-0.2, 0) is 9.47 Å². The molecule has 0 aliphatic carbocycles. The van der Waals surface area contributed by atoms with Crippen LogP contribution >= 0.6 is 35.3 Å². The minimum atomic E-state index is 0.906. The molecule has 0 aromatic carbocycles. The van der Waals surface area contributed by atoms with Gasteiger partial charge < -0.3 is 9.47 Å². The highest BCUT2D eigenvalue weighted by Crippen LogP contribution is 2.19. The monoisotopic (exact) mass is 324 g/mol. The number of hydrogen-bond acceptors (Lipinski definition) is 7. The van der Waals surface area contributed by atoms with Crippen molar-refractivity contribution >= 4 is 35.3 Å². The van der Waals surface area contributed by atoms with Gasteiger partial charge in [-0.1, -0.05) is 0 Å². The van der Waals surface area contributed by atoms with Crippen molar-refractivity contribution in [3.8, 4) is 0 Å². The Morgan fingerprint density at radius 1 is 0.632 bits per heavy atom. The van der Waals surface area contributed by atoms with E-state index in [1.165, 1.54) is 10.2 Å². The number of rotatable bonds is 8. The molecule has 0 saturated carbocycles. The standard InChI is InChI=1S/C12H24N2O2S3/c1-5-15-6-2-13(1)9-17-11-19-12-18-10-14-3-7-16-8-4-14/h1-12H2. The van der Waals surface area contributed by atoms with Crippen LogP contribution in [0.15, 0.2) is 0 Å². The summed E-state index contributed by atoms with van der Waals surface area (Å²) in [5.74, 6) is 2.31. The Morgan fingerprint density at radius 2 is 1.05 bits per heavy atom. The lowest BCUT2D eigenvalue weighted by molar-refractivity contribution is 0.0473. The third kappa shape index (κ3) is 7.45. The topological polar surface area (TPSA) is 24.9 Å². The van der Waals surface area contributed by atoms with Crippen molar-refractivity contribution in [2.24, 2.45) is 0 Å². The van der Waals surface area contributed by atoms with E-state index in [9.17, 15) is 0 Å². The fourth-order valence-electron chi connectivity index (χ4n) is 1.95. The Bertz CT molecular complexity index is 203. The fourth-order valence-corrected chi connectivity index (χ4v) is 5.40. The molecule has 112 valence electrons. The molecule has 7 heteroatoms. The predicted molar refractivity (Wildman–Crippen MR) is 87.0 cm³/mol. The summed E-state index contributed by atoms with van der Waals surface area (Å²) in [5, 5.41) is 2.40. The van der Waals surface area contributed by atoms with Gasteiger partial charge in [-0.05, 0) is 0 Å². The Kier molecular flexibility index (Phi) is 9.07. The normalized spacial score (nSPS) is 22.7. The highest BCUT2D eigenvalue weighted by molar-refractivity contribution is 8.22. The minimum Gasteiger partial charge on any atom is -0.379 e. The summed E-state index contributed by atoms with van der Waals surface area (Å²) < 4.78 is 10.7. The summed E-state index contributed by atoms with van der Waals surface area (Å²) in [6.07, 6.45) is 0. The third-order valence-electron chi connectivity index (χ3n) is 3.09. The van der Waals surface area contributed by atoms with Crippen molar-refractivity contribution in [3.63, 3.8) is 0 Å². The van der Waals surface area contributed by atoms with Gasteiger partial charge in [0.05, 0.1) is 26.4 Å². The average Bonchev–Trinajstić information content (AvgIpc) is 2.48. The molecule has 2 aliphatic rings. The van der Waals surface area contributed by atoms with Gasteiger partial charge in [0.15, 0.2) is 0 Å². The lowest BCUT2D eigenvalue weighted by Gasteiger charge is -2.26. The van der Waals surface area contributed by atoms with Gasteiger partial charge in [-0.3, -0.25) is 9.80 Å². The first-order chi connectivity index (χ1) is 9.45. The number of thioether (sulfide) groups is 3. The van der Waals surface area contributed by atoms with Crippen molar-refractivity contribution < 1.29 is 9.47 Å². The first-order valence-corrected chi connectivity index (χ1v) is 10.2. The molecule has 2 heterocycles. The van der Waals surface area contributed by atoms with E-state index in [1.54, 1.807) is 0 Å². The summed E-state index contributed by atoms with van der Waals surface area (Å²) in [5.41, 5.74) is 0. The molecule has 19 heavy (non-hydrogen) atoms. The van der Waals surface area contributed by atoms with Gasteiger partial charge in [-0.25, -0.2) is 0 Å². The van der Waals surface area contributed by atoms with Gasteiger partial charge in [0.25, 0.3) is 0 Å². The molecular formula is C12H24N2O2S3. The number of morpholine rings is 2. The van der Waals surface area contributed by atoms with Crippen molar-refractivity contribution in [2.75, 3.05) is 74.5 Å². The van der Waals surface area contributed by atoms with E-state index < -0.39 is 0 Å². The highest BCUT2D eigenvalue weighted by Gasteiger charge is 2.10. The summed E-state index contributed by atoms with van der Waals surface area (Å²) in [6.45, 7) is 8.03. The molecule has 4 nitrogen and oxygen atoms in total. The average molecular weight is 325 g/mol. The summed E-state index contributed by atoms with van der Waals surface area (Å²) in [6, 6.07) is 0. The van der Waals surface area contributed by atoms with Crippen molar-refractivity contribution in [1.29, 1.82) is 0 Å². The molecule has 2 aliphatic heterocycles. The first kappa shape index (κ1) is 16.3. The minimum absolute atomic E-state index is 0.906. The maximum atomic E-state index is 5.34. The quantitative estimate of drug-likeness (QED) is 0.495. The second kappa shape index (κ2) is 10.6. The second-order valence-electron chi connectivity index (χ2n) is 4.57. The molecule has 0 aromatic heterocycles. The maximum Gasteiger partial charge on any atom is 0.0594 e. The highest BCUT2D eigenvalue weighted by atomic mass is 32.2. The number of nitrogens with zero attached hydrogens (tertiary/aromatic N) is 2. The Hall–Kier alpha value is 0.890. The van der Waals surface area contributed by atoms with Gasteiger partial charge in [0, 0.05) is 48.1 Å². The van der Waals surface area contributed by atoms with Crippen LogP contribution in [0.3, 0.4) is 0 Å². The summed E-state index contributed by atoms with van der Waals surface area (Å²) in [7, 11) is 0. The summed E-state index contributed by atoms with van der Waals surface area (Å²) >= 11 is 6.10. The molecule has 2 fully saturated rings. The van der Waals surface area contributed by atoms with Crippen LogP contribution in [0.1, 0.15) is 0 Å². The fraction of sp³-hybridized carbons (Fsp3) is 1.00. The van der Waals surface area contributed by atoms with Crippen molar-refractivity contribution in [1.82, 2.24) is 9.80 Å². The molecule has 2 saturated heterocycles. The first-order valence-electron chi connectivity index (χ1n) is 6.78. The zero-order valence-electron chi connectivity index (χ0n) is 11.4. The van der Waals surface area contributed by atoms with Gasteiger partial charge in [-0.15, -0.1) is 35.3 Å².